The largest absolute Gasteiger partial charge is 0.310 e. The second-order valence-corrected chi connectivity index (χ2v) is 15.9. The Bertz CT molecular complexity index is 3140. The van der Waals surface area contributed by atoms with E-state index in [9.17, 15) is 0 Å². The van der Waals surface area contributed by atoms with Crippen LogP contribution in [0.15, 0.2) is 194 Å². The summed E-state index contributed by atoms with van der Waals surface area (Å²) in [6, 6.07) is 71.0. The summed E-state index contributed by atoms with van der Waals surface area (Å²) in [6.45, 7) is 0. The number of benzene rings is 9. The van der Waals surface area contributed by atoms with Crippen LogP contribution in [0.1, 0.15) is 0 Å². The van der Waals surface area contributed by atoms with Gasteiger partial charge in [0, 0.05) is 64.1 Å². The standard InChI is InChI=1S/C50H32N2S2/c1-3-16-36(17-4-1)51(37-18-5-2-6-19-37)40-30-44-49-41-20-10-9-14-34(41)24-28-47(49)54-50(44)45(31-40)52(38-25-23-33-13-7-8-15-35(33)29-38)39-26-27-43-42-21-11-12-22-46(42)53-48(43)32-39/h1-32H. The van der Waals surface area contributed by atoms with Crippen molar-refractivity contribution in [1.82, 2.24) is 0 Å². The first-order chi connectivity index (χ1) is 26.8. The first-order valence-corrected chi connectivity index (χ1v) is 19.9. The van der Waals surface area contributed by atoms with Gasteiger partial charge >= 0.3 is 0 Å². The van der Waals surface area contributed by atoms with Crippen molar-refractivity contribution in [2.45, 2.75) is 0 Å². The normalized spacial score (nSPS) is 11.7. The fourth-order valence-corrected chi connectivity index (χ4v) is 10.5. The number of para-hydroxylation sites is 2. The molecular weight excluding hydrogens is 693 g/mol. The lowest BCUT2D eigenvalue weighted by Gasteiger charge is -2.30. The average Bonchev–Trinajstić information content (AvgIpc) is 3.80. The number of thiophene rings is 2. The lowest BCUT2D eigenvalue weighted by molar-refractivity contribution is 1.27. The molecule has 0 saturated heterocycles. The number of hydrogen-bond acceptors (Lipinski definition) is 4. The molecule has 0 spiro atoms. The van der Waals surface area contributed by atoms with Crippen molar-refractivity contribution in [3.63, 3.8) is 0 Å². The molecular formula is C50H32N2S2. The molecule has 254 valence electrons. The summed E-state index contributed by atoms with van der Waals surface area (Å²) in [7, 11) is 0. The van der Waals surface area contributed by atoms with Gasteiger partial charge in [-0.05, 0) is 94.3 Å². The van der Waals surface area contributed by atoms with Crippen LogP contribution < -0.4 is 9.80 Å². The zero-order valence-electron chi connectivity index (χ0n) is 29.2. The summed E-state index contributed by atoms with van der Waals surface area (Å²) in [5.41, 5.74) is 6.75. The lowest BCUT2D eigenvalue weighted by Crippen LogP contribution is -2.13. The topological polar surface area (TPSA) is 6.48 Å². The predicted molar refractivity (Wildman–Crippen MR) is 237 cm³/mol. The molecule has 9 aromatic carbocycles. The molecule has 2 aromatic heterocycles. The number of hydrogen-bond donors (Lipinski definition) is 0. The van der Waals surface area contributed by atoms with E-state index in [1.807, 2.05) is 22.7 Å². The van der Waals surface area contributed by atoms with Crippen LogP contribution in [0.4, 0.5) is 34.1 Å². The fraction of sp³-hybridized carbons (Fsp3) is 0. The molecule has 0 aliphatic rings. The van der Waals surface area contributed by atoms with Gasteiger partial charge in [0.05, 0.1) is 10.4 Å². The van der Waals surface area contributed by atoms with Crippen molar-refractivity contribution in [2.24, 2.45) is 0 Å². The lowest BCUT2D eigenvalue weighted by atomic mass is 10.0. The van der Waals surface area contributed by atoms with E-state index in [1.54, 1.807) is 0 Å². The predicted octanol–water partition coefficient (Wildman–Crippen LogP) is 15.7. The quantitative estimate of drug-likeness (QED) is 0.168. The third kappa shape index (κ3) is 5.07. The van der Waals surface area contributed by atoms with Crippen molar-refractivity contribution in [2.75, 3.05) is 9.80 Å². The highest BCUT2D eigenvalue weighted by Gasteiger charge is 2.24. The molecule has 2 nitrogen and oxygen atoms in total. The van der Waals surface area contributed by atoms with E-state index in [-0.39, 0.29) is 0 Å². The molecule has 0 bridgehead atoms. The minimum absolute atomic E-state index is 1.11. The minimum atomic E-state index is 1.11. The molecule has 11 rings (SSSR count). The smallest absolute Gasteiger partial charge is 0.0661 e. The molecule has 0 atom stereocenters. The Hall–Kier alpha value is -6.46. The van der Waals surface area contributed by atoms with Crippen LogP contribution in [-0.2, 0) is 0 Å². The molecule has 2 heterocycles. The minimum Gasteiger partial charge on any atom is -0.310 e. The average molecular weight is 725 g/mol. The summed E-state index contributed by atoms with van der Waals surface area (Å²) >= 11 is 3.75. The Morgan fingerprint density at radius 3 is 1.70 bits per heavy atom. The van der Waals surface area contributed by atoms with Crippen LogP contribution in [0.25, 0.3) is 61.9 Å². The van der Waals surface area contributed by atoms with Gasteiger partial charge in [0.2, 0.25) is 0 Å². The van der Waals surface area contributed by atoms with Crippen LogP contribution in [-0.4, -0.2) is 0 Å². The van der Waals surface area contributed by atoms with Crippen LogP contribution >= 0.6 is 22.7 Å². The van der Waals surface area contributed by atoms with E-state index in [0.29, 0.717) is 0 Å². The van der Waals surface area contributed by atoms with Crippen LogP contribution in [0.2, 0.25) is 0 Å². The summed E-state index contributed by atoms with van der Waals surface area (Å²) in [6.07, 6.45) is 0. The highest BCUT2D eigenvalue weighted by atomic mass is 32.1. The Morgan fingerprint density at radius 2 is 0.907 bits per heavy atom. The SMILES string of the molecule is c1ccc(N(c2ccccc2)c2cc(N(c3ccc4ccccc4c3)c3ccc4c(c3)sc3ccccc34)c3sc4ccc5ccccc5c4c3c2)cc1. The maximum Gasteiger partial charge on any atom is 0.0661 e. The Kier molecular flexibility index (Phi) is 7.25. The van der Waals surface area contributed by atoms with E-state index in [1.165, 1.54) is 61.9 Å². The van der Waals surface area contributed by atoms with Gasteiger partial charge in [-0.1, -0.05) is 121 Å². The van der Waals surface area contributed by atoms with E-state index < -0.39 is 0 Å². The van der Waals surface area contributed by atoms with E-state index >= 15 is 0 Å². The van der Waals surface area contributed by atoms with Gasteiger partial charge in [-0.3, -0.25) is 0 Å². The van der Waals surface area contributed by atoms with E-state index in [4.69, 9.17) is 0 Å². The van der Waals surface area contributed by atoms with E-state index in [2.05, 4.69) is 204 Å². The fourth-order valence-electron chi connectivity index (χ4n) is 8.11. The van der Waals surface area contributed by atoms with Crippen LogP contribution in [0, 0.1) is 0 Å². The summed E-state index contributed by atoms with van der Waals surface area (Å²) < 4.78 is 5.13. The highest BCUT2D eigenvalue weighted by molar-refractivity contribution is 7.26. The van der Waals surface area contributed by atoms with Crippen molar-refractivity contribution >= 4 is 119 Å². The first-order valence-electron chi connectivity index (χ1n) is 18.3. The molecule has 0 radical (unpaired) electrons. The molecule has 0 aliphatic carbocycles. The van der Waals surface area contributed by atoms with Crippen LogP contribution in [0.5, 0.6) is 0 Å². The van der Waals surface area contributed by atoms with Gasteiger partial charge in [-0.25, -0.2) is 0 Å². The Balaban J connectivity index is 1.26. The molecule has 0 unspecified atom stereocenters. The van der Waals surface area contributed by atoms with Crippen molar-refractivity contribution in [1.29, 1.82) is 0 Å². The molecule has 0 saturated carbocycles. The second-order valence-electron chi connectivity index (χ2n) is 13.8. The summed E-state index contributed by atoms with van der Waals surface area (Å²) in [5.74, 6) is 0. The van der Waals surface area contributed by atoms with Crippen molar-refractivity contribution in [3.8, 4) is 0 Å². The maximum absolute atomic E-state index is 2.49. The molecule has 0 amide bonds. The maximum atomic E-state index is 2.49. The third-order valence-electron chi connectivity index (χ3n) is 10.6. The monoisotopic (exact) mass is 724 g/mol. The molecule has 11 aromatic rings. The summed E-state index contributed by atoms with van der Waals surface area (Å²) in [4.78, 5) is 4.89. The van der Waals surface area contributed by atoms with Gasteiger partial charge in [-0.2, -0.15) is 0 Å². The van der Waals surface area contributed by atoms with Gasteiger partial charge in [-0.15, -0.1) is 22.7 Å². The Labute approximate surface area is 321 Å². The Morgan fingerprint density at radius 1 is 0.296 bits per heavy atom. The third-order valence-corrected chi connectivity index (χ3v) is 12.9. The van der Waals surface area contributed by atoms with Gasteiger partial charge < -0.3 is 9.80 Å². The van der Waals surface area contributed by atoms with E-state index in [0.717, 1.165) is 34.1 Å². The highest BCUT2D eigenvalue weighted by Crippen LogP contribution is 2.51. The summed E-state index contributed by atoms with van der Waals surface area (Å²) in [5, 5.41) is 10.1. The number of rotatable bonds is 6. The first kappa shape index (κ1) is 31.1. The molecule has 0 fully saturated rings. The number of fused-ring (bicyclic) bond motifs is 9. The zero-order valence-corrected chi connectivity index (χ0v) is 30.8. The zero-order chi connectivity index (χ0) is 35.6. The van der Waals surface area contributed by atoms with Gasteiger partial charge in [0.1, 0.15) is 0 Å². The van der Waals surface area contributed by atoms with Gasteiger partial charge in [0.25, 0.3) is 0 Å². The molecule has 54 heavy (non-hydrogen) atoms. The van der Waals surface area contributed by atoms with Crippen molar-refractivity contribution < 1.29 is 0 Å². The van der Waals surface area contributed by atoms with Crippen molar-refractivity contribution in [3.05, 3.63) is 194 Å². The molecule has 4 heteroatoms. The van der Waals surface area contributed by atoms with Gasteiger partial charge in [0.15, 0.2) is 0 Å². The number of anilines is 6. The molecule has 0 N–H and O–H groups in total. The number of nitrogens with zero attached hydrogens (tertiary/aromatic N) is 2. The second kappa shape index (κ2) is 12.6. The van der Waals surface area contributed by atoms with Crippen LogP contribution in [0.3, 0.4) is 0 Å². The molecule has 0 aliphatic heterocycles.